The van der Waals surface area contributed by atoms with Crippen LogP contribution in [-0.4, -0.2) is 15.0 Å². The molecule has 0 saturated heterocycles. The standard InChI is InChI=1S/C27H21FN4OS/c1-18-7-13-23-26(31-18)29-17-30-27(23)32-24-15-21(33-16-19-8-10-20(28)11-9-19)12-14-25(24)34-22-5-3-2-4-6-22/h2-15,17H,16H2,1H3,(H,29,30,31,32). The summed E-state index contributed by atoms with van der Waals surface area (Å²) in [7, 11) is 0. The third-order valence-electron chi connectivity index (χ3n) is 5.13. The number of nitrogens with zero attached hydrogens (tertiary/aromatic N) is 3. The van der Waals surface area contributed by atoms with E-state index in [-0.39, 0.29) is 5.82 Å². The van der Waals surface area contributed by atoms with Crippen molar-refractivity contribution in [1.29, 1.82) is 0 Å². The van der Waals surface area contributed by atoms with E-state index in [9.17, 15) is 4.39 Å². The van der Waals surface area contributed by atoms with Gasteiger partial charge in [0.25, 0.3) is 0 Å². The zero-order chi connectivity index (χ0) is 23.3. The molecule has 7 heteroatoms. The van der Waals surface area contributed by atoms with Gasteiger partial charge >= 0.3 is 0 Å². The number of aromatic nitrogens is 3. The van der Waals surface area contributed by atoms with Gasteiger partial charge in [-0.05, 0) is 61.0 Å². The van der Waals surface area contributed by atoms with Crippen LogP contribution in [0.1, 0.15) is 11.3 Å². The quantitative estimate of drug-likeness (QED) is 0.279. The van der Waals surface area contributed by atoms with Crippen molar-refractivity contribution >= 4 is 34.3 Å². The van der Waals surface area contributed by atoms with Crippen LogP contribution in [-0.2, 0) is 6.61 Å². The first kappa shape index (κ1) is 21.9. The van der Waals surface area contributed by atoms with Crippen LogP contribution < -0.4 is 10.1 Å². The summed E-state index contributed by atoms with van der Waals surface area (Å²) in [5, 5.41) is 4.29. The Kier molecular flexibility index (Phi) is 6.35. The Bertz CT molecular complexity index is 1430. The third kappa shape index (κ3) is 5.15. The van der Waals surface area contributed by atoms with Gasteiger partial charge in [0, 0.05) is 21.6 Å². The molecule has 0 radical (unpaired) electrons. The van der Waals surface area contributed by atoms with E-state index in [1.807, 2.05) is 55.5 Å². The number of rotatable bonds is 7. The van der Waals surface area contributed by atoms with Crippen LogP contribution in [0.2, 0.25) is 0 Å². The molecule has 5 nitrogen and oxygen atoms in total. The summed E-state index contributed by atoms with van der Waals surface area (Å²) in [6, 6.07) is 26.3. The molecule has 0 amide bonds. The third-order valence-corrected chi connectivity index (χ3v) is 6.21. The molecule has 1 N–H and O–H groups in total. The SMILES string of the molecule is Cc1ccc2c(Nc3cc(OCc4ccc(F)cc4)ccc3Sc3ccccc3)ncnc2n1. The molecule has 0 aliphatic heterocycles. The number of pyridine rings is 1. The Morgan fingerprint density at radius 3 is 2.56 bits per heavy atom. The number of hydrogen-bond acceptors (Lipinski definition) is 6. The molecule has 0 spiro atoms. The van der Waals surface area contributed by atoms with Crippen molar-refractivity contribution in [3.8, 4) is 5.75 Å². The highest BCUT2D eigenvalue weighted by Crippen LogP contribution is 2.37. The number of halogens is 1. The lowest BCUT2D eigenvalue weighted by atomic mass is 10.2. The second-order valence-electron chi connectivity index (χ2n) is 7.66. The maximum Gasteiger partial charge on any atom is 0.164 e. The lowest BCUT2D eigenvalue weighted by molar-refractivity contribution is 0.306. The van der Waals surface area contributed by atoms with Crippen molar-refractivity contribution in [3.63, 3.8) is 0 Å². The van der Waals surface area contributed by atoms with E-state index >= 15 is 0 Å². The number of ether oxygens (including phenoxy) is 1. The van der Waals surface area contributed by atoms with E-state index in [0.717, 1.165) is 32.1 Å². The van der Waals surface area contributed by atoms with Gasteiger partial charge in [-0.1, -0.05) is 42.1 Å². The first-order chi connectivity index (χ1) is 16.6. The molecular weight excluding hydrogens is 447 g/mol. The largest absolute Gasteiger partial charge is 0.489 e. The van der Waals surface area contributed by atoms with Gasteiger partial charge in [-0.2, -0.15) is 0 Å². The highest BCUT2D eigenvalue weighted by Gasteiger charge is 2.11. The molecule has 0 bridgehead atoms. The average Bonchev–Trinajstić information content (AvgIpc) is 2.86. The van der Waals surface area contributed by atoms with Gasteiger partial charge in [-0.3, -0.25) is 0 Å². The maximum atomic E-state index is 13.2. The summed E-state index contributed by atoms with van der Waals surface area (Å²) in [5.74, 6) is 1.10. The van der Waals surface area contributed by atoms with Crippen LogP contribution in [0.5, 0.6) is 5.75 Å². The summed E-state index contributed by atoms with van der Waals surface area (Å²) in [6.07, 6.45) is 1.51. The first-order valence-electron chi connectivity index (χ1n) is 10.7. The molecule has 0 unspecified atom stereocenters. The fourth-order valence-corrected chi connectivity index (χ4v) is 4.32. The van der Waals surface area contributed by atoms with E-state index in [2.05, 4.69) is 32.4 Å². The highest BCUT2D eigenvalue weighted by molar-refractivity contribution is 7.99. The Morgan fingerprint density at radius 1 is 0.912 bits per heavy atom. The van der Waals surface area contributed by atoms with Crippen molar-refractivity contribution < 1.29 is 9.13 Å². The number of benzene rings is 3. The van der Waals surface area contributed by atoms with Crippen molar-refractivity contribution in [1.82, 2.24) is 15.0 Å². The Morgan fingerprint density at radius 2 is 1.74 bits per heavy atom. The number of anilines is 2. The van der Waals surface area contributed by atoms with Crippen LogP contribution in [0.15, 0.2) is 101 Å². The van der Waals surface area contributed by atoms with Crippen LogP contribution in [0, 0.1) is 12.7 Å². The molecule has 0 fully saturated rings. The Balaban J connectivity index is 1.47. The van der Waals surface area contributed by atoms with E-state index in [0.29, 0.717) is 23.8 Å². The predicted octanol–water partition coefficient (Wildman–Crippen LogP) is 6.95. The molecule has 0 atom stereocenters. The zero-order valence-corrected chi connectivity index (χ0v) is 19.2. The van der Waals surface area contributed by atoms with E-state index in [4.69, 9.17) is 4.74 Å². The number of hydrogen-bond donors (Lipinski definition) is 1. The molecule has 0 aliphatic rings. The maximum absolute atomic E-state index is 13.2. The van der Waals surface area contributed by atoms with Gasteiger partial charge in [-0.25, -0.2) is 19.3 Å². The molecule has 2 heterocycles. The lowest BCUT2D eigenvalue weighted by Crippen LogP contribution is -2.00. The monoisotopic (exact) mass is 468 g/mol. The van der Waals surface area contributed by atoms with Gasteiger partial charge < -0.3 is 10.1 Å². The summed E-state index contributed by atoms with van der Waals surface area (Å²) in [4.78, 5) is 15.4. The smallest absolute Gasteiger partial charge is 0.164 e. The molecule has 3 aromatic carbocycles. The molecule has 0 saturated carbocycles. The van der Waals surface area contributed by atoms with Crippen LogP contribution in [0.3, 0.4) is 0 Å². The minimum atomic E-state index is -0.265. The molecule has 5 rings (SSSR count). The molecule has 34 heavy (non-hydrogen) atoms. The summed E-state index contributed by atoms with van der Waals surface area (Å²) in [5.41, 5.74) is 3.28. The minimum Gasteiger partial charge on any atom is -0.489 e. The van der Waals surface area contributed by atoms with Gasteiger partial charge in [0.2, 0.25) is 0 Å². The normalized spacial score (nSPS) is 10.9. The number of aryl methyl sites for hydroxylation is 1. The van der Waals surface area contributed by atoms with Gasteiger partial charge in [0.1, 0.15) is 30.3 Å². The summed E-state index contributed by atoms with van der Waals surface area (Å²) >= 11 is 1.65. The van der Waals surface area contributed by atoms with Crippen molar-refractivity contribution in [2.24, 2.45) is 0 Å². The Hall–Kier alpha value is -3.97. The fraction of sp³-hybridized carbons (Fsp3) is 0.0741. The number of nitrogens with one attached hydrogen (secondary N) is 1. The molecular formula is C27H21FN4OS. The van der Waals surface area contributed by atoms with E-state index < -0.39 is 0 Å². The summed E-state index contributed by atoms with van der Waals surface area (Å²) < 4.78 is 19.2. The van der Waals surface area contributed by atoms with Gasteiger partial charge in [-0.15, -0.1) is 0 Å². The van der Waals surface area contributed by atoms with Crippen LogP contribution in [0.25, 0.3) is 11.0 Å². The molecule has 5 aromatic rings. The fourth-order valence-electron chi connectivity index (χ4n) is 3.41. The number of fused-ring (bicyclic) bond motifs is 1. The van der Waals surface area contributed by atoms with Crippen LogP contribution in [0.4, 0.5) is 15.9 Å². The van der Waals surface area contributed by atoms with Gasteiger partial charge in [0.05, 0.1) is 11.1 Å². The first-order valence-corrected chi connectivity index (χ1v) is 11.6. The second-order valence-corrected chi connectivity index (χ2v) is 8.77. The molecule has 0 aliphatic carbocycles. The van der Waals surface area contributed by atoms with Crippen molar-refractivity contribution in [2.75, 3.05) is 5.32 Å². The van der Waals surface area contributed by atoms with E-state index in [1.165, 1.54) is 18.5 Å². The zero-order valence-electron chi connectivity index (χ0n) is 18.4. The van der Waals surface area contributed by atoms with Crippen LogP contribution >= 0.6 is 11.8 Å². The van der Waals surface area contributed by atoms with Gasteiger partial charge in [0.15, 0.2) is 5.65 Å². The van der Waals surface area contributed by atoms with E-state index in [1.54, 1.807) is 23.9 Å². The van der Waals surface area contributed by atoms with Crippen molar-refractivity contribution in [2.45, 2.75) is 23.3 Å². The average molecular weight is 469 g/mol. The predicted molar refractivity (Wildman–Crippen MR) is 133 cm³/mol. The second kappa shape index (κ2) is 9.89. The van der Waals surface area contributed by atoms with Crippen molar-refractivity contribution in [3.05, 3.63) is 108 Å². The molecule has 168 valence electrons. The minimum absolute atomic E-state index is 0.265. The lowest BCUT2D eigenvalue weighted by Gasteiger charge is -2.15. The summed E-state index contributed by atoms with van der Waals surface area (Å²) in [6.45, 7) is 2.27. The Labute approximate surface area is 201 Å². The topological polar surface area (TPSA) is 59.9 Å². The molecule has 2 aromatic heterocycles. The highest BCUT2D eigenvalue weighted by atomic mass is 32.2.